The number of amides is 1. The van der Waals surface area contributed by atoms with E-state index in [0.29, 0.717) is 0 Å². The Kier molecular flexibility index (Phi) is 5.08. The molecule has 1 fully saturated rings. The zero-order chi connectivity index (χ0) is 15.1. The molecular formula is C15H17NO5. The van der Waals surface area contributed by atoms with Crippen LogP contribution in [-0.2, 0) is 25.6 Å². The van der Waals surface area contributed by atoms with Crippen LogP contribution in [0, 0.1) is 0 Å². The number of ketones is 1. The van der Waals surface area contributed by atoms with Crippen molar-refractivity contribution in [1.82, 2.24) is 5.32 Å². The second-order valence-corrected chi connectivity index (χ2v) is 4.42. The van der Waals surface area contributed by atoms with Gasteiger partial charge in [0.05, 0.1) is 13.2 Å². The van der Waals surface area contributed by atoms with E-state index in [2.05, 4.69) is 11.9 Å². The van der Waals surface area contributed by atoms with Gasteiger partial charge in [-0.25, -0.2) is 4.79 Å². The second kappa shape index (κ2) is 7.01. The van der Waals surface area contributed by atoms with Gasteiger partial charge in [-0.1, -0.05) is 43.0 Å². The number of hydrogen-bond acceptors (Lipinski definition) is 5. The van der Waals surface area contributed by atoms with E-state index in [1.54, 1.807) is 0 Å². The van der Waals surface area contributed by atoms with Gasteiger partial charge in [0.15, 0.2) is 0 Å². The molecule has 0 aromatic heterocycles. The molecule has 1 saturated heterocycles. The SMILES string of the molecule is C=CCOC(=O)N[C@]1(OCc2ccccc2)OCCC1=O. The topological polar surface area (TPSA) is 73.9 Å². The van der Waals surface area contributed by atoms with Gasteiger partial charge in [0, 0.05) is 6.42 Å². The van der Waals surface area contributed by atoms with Crippen LogP contribution in [0.1, 0.15) is 12.0 Å². The molecule has 1 amide bonds. The molecule has 6 heteroatoms. The number of carbonyl (C=O) groups is 2. The average Bonchev–Trinajstić information content (AvgIpc) is 2.85. The Balaban J connectivity index is 2.02. The Morgan fingerprint density at radius 3 is 2.81 bits per heavy atom. The largest absolute Gasteiger partial charge is 0.445 e. The van der Waals surface area contributed by atoms with Crippen molar-refractivity contribution in [2.45, 2.75) is 18.9 Å². The molecule has 1 aliphatic rings. The van der Waals surface area contributed by atoms with Crippen molar-refractivity contribution in [3.8, 4) is 0 Å². The van der Waals surface area contributed by atoms with Crippen LogP contribution >= 0.6 is 0 Å². The first-order chi connectivity index (χ1) is 10.2. The molecule has 1 aromatic rings. The lowest BCUT2D eigenvalue weighted by Gasteiger charge is -2.27. The standard InChI is InChI=1S/C15H17NO5/c1-2-9-19-14(18)16-15(13(17)8-10-20-15)21-11-12-6-4-3-5-7-12/h2-7H,1,8-11H2,(H,16,18)/t15-/m0/s1. The van der Waals surface area contributed by atoms with Gasteiger partial charge in [-0.15, -0.1) is 0 Å². The predicted octanol–water partition coefficient (Wildman–Crippen LogP) is 1.76. The molecule has 1 aromatic carbocycles. The Morgan fingerprint density at radius 2 is 2.19 bits per heavy atom. The van der Waals surface area contributed by atoms with Gasteiger partial charge >= 0.3 is 12.0 Å². The van der Waals surface area contributed by atoms with Gasteiger partial charge in [0.2, 0.25) is 5.78 Å². The molecule has 0 spiro atoms. The normalized spacial score (nSPS) is 21.0. The first-order valence-corrected chi connectivity index (χ1v) is 6.57. The molecule has 1 aliphatic heterocycles. The summed E-state index contributed by atoms with van der Waals surface area (Å²) in [5, 5.41) is 2.34. The number of nitrogens with one attached hydrogen (secondary N) is 1. The summed E-state index contributed by atoms with van der Waals surface area (Å²) < 4.78 is 15.6. The molecular weight excluding hydrogens is 274 g/mol. The molecule has 2 rings (SSSR count). The van der Waals surface area contributed by atoms with Crippen LogP contribution in [-0.4, -0.2) is 31.0 Å². The maximum Gasteiger partial charge on any atom is 0.411 e. The number of benzene rings is 1. The van der Waals surface area contributed by atoms with Crippen molar-refractivity contribution < 1.29 is 23.8 Å². The molecule has 1 atom stereocenters. The van der Waals surface area contributed by atoms with Crippen molar-refractivity contribution in [3.63, 3.8) is 0 Å². The smallest absolute Gasteiger partial charge is 0.411 e. The Labute approximate surface area is 122 Å². The van der Waals surface area contributed by atoms with E-state index in [9.17, 15) is 9.59 Å². The number of alkyl carbamates (subject to hydrolysis) is 1. The van der Waals surface area contributed by atoms with Crippen LogP contribution in [0.4, 0.5) is 4.79 Å². The number of rotatable bonds is 6. The lowest BCUT2D eigenvalue weighted by molar-refractivity contribution is -0.223. The highest BCUT2D eigenvalue weighted by Gasteiger charge is 2.47. The minimum atomic E-state index is -1.77. The van der Waals surface area contributed by atoms with Crippen molar-refractivity contribution in [2.75, 3.05) is 13.2 Å². The molecule has 0 bridgehead atoms. The molecule has 0 unspecified atom stereocenters. The fourth-order valence-electron chi connectivity index (χ4n) is 1.86. The van der Waals surface area contributed by atoms with E-state index in [4.69, 9.17) is 14.2 Å². The van der Waals surface area contributed by atoms with E-state index in [1.807, 2.05) is 30.3 Å². The summed E-state index contributed by atoms with van der Waals surface area (Å²) in [7, 11) is 0. The third kappa shape index (κ3) is 3.90. The molecule has 1 N–H and O–H groups in total. The molecule has 21 heavy (non-hydrogen) atoms. The van der Waals surface area contributed by atoms with E-state index in [-0.39, 0.29) is 32.0 Å². The maximum absolute atomic E-state index is 12.0. The highest BCUT2D eigenvalue weighted by Crippen LogP contribution is 2.22. The van der Waals surface area contributed by atoms with Crippen molar-refractivity contribution in [2.24, 2.45) is 0 Å². The Bertz CT molecular complexity index is 516. The molecule has 0 saturated carbocycles. The average molecular weight is 291 g/mol. The highest BCUT2D eigenvalue weighted by molar-refractivity contribution is 5.90. The minimum Gasteiger partial charge on any atom is -0.445 e. The zero-order valence-corrected chi connectivity index (χ0v) is 11.5. The van der Waals surface area contributed by atoms with Gasteiger partial charge in [0.1, 0.15) is 6.61 Å². The van der Waals surface area contributed by atoms with E-state index < -0.39 is 12.0 Å². The summed E-state index contributed by atoms with van der Waals surface area (Å²) in [6.45, 7) is 3.80. The lowest BCUT2D eigenvalue weighted by Crippen LogP contribution is -2.55. The summed E-state index contributed by atoms with van der Waals surface area (Å²) in [5.74, 6) is -2.11. The van der Waals surface area contributed by atoms with Gasteiger partial charge < -0.3 is 14.2 Å². The van der Waals surface area contributed by atoms with Crippen LogP contribution in [0.15, 0.2) is 43.0 Å². The second-order valence-electron chi connectivity index (χ2n) is 4.42. The summed E-state index contributed by atoms with van der Waals surface area (Å²) in [6.07, 6.45) is 0.809. The number of ether oxygens (including phenoxy) is 3. The highest BCUT2D eigenvalue weighted by atomic mass is 16.7. The number of Topliss-reactive ketones (excluding diaryl/α,β-unsaturated/α-hetero) is 1. The van der Waals surface area contributed by atoms with Crippen molar-refractivity contribution in [1.29, 1.82) is 0 Å². The Morgan fingerprint density at radius 1 is 1.43 bits per heavy atom. The predicted molar refractivity (Wildman–Crippen MR) is 74.2 cm³/mol. The third-order valence-electron chi connectivity index (χ3n) is 2.89. The van der Waals surface area contributed by atoms with Crippen molar-refractivity contribution in [3.05, 3.63) is 48.6 Å². The zero-order valence-electron chi connectivity index (χ0n) is 11.5. The van der Waals surface area contributed by atoms with E-state index >= 15 is 0 Å². The number of carbonyl (C=O) groups excluding carboxylic acids is 2. The fraction of sp³-hybridized carbons (Fsp3) is 0.333. The van der Waals surface area contributed by atoms with Gasteiger partial charge in [-0.3, -0.25) is 10.1 Å². The molecule has 6 nitrogen and oxygen atoms in total. The van der Waals surface area contributed by atoms with Crippen LogP contribution in [0.2, 0.25) is 0 Å². The monoisotopic (exact) mass is 291 g/mol. The minimum absolute atomic E-state index is 0.0365. The lowest BCUT2D eigenvalue weighted by atomic mass is 10.2. The van der Waals surface area contributed by atoms with Gasteiger partial charge in [-0.2, -0.15) is 0 Å². The van der Waals surface area contributed by atoms with E-state index in [1.165, 1.54) is 6.08 Å². The quantitative estimate of drug-likeness (QED) is 0.638. The van der Waals surface area contributed by atoms with Crippen LogP contribution in [0.3, 0.4) is 0 Å². The molecule has 112 valence electrons. The third-order valence-corrected chi connectivity index (χ3v) is 2.89. The van der Waals surface area contributed by atoms with E-state index in [0.717, 1.165) is 5.56 Å². The van der Waals surface area contributed by atoms with Gasteiger partial charge in [-0.05, 0) is 5.56 Å². The fourth-order valence-corrected chi connectivity index (χ4v) is 1.86. The molecule has 0 radical (unpaired) electrons. The molecule has 0 aliphatic carbocycles. The maximum atomic E-state index is 12.0. The van der Waals surface area contributed by atoms with Crippen molar-refractivity contribution >= 4 is 11.9 Å². The first kappa shape index (κ1) is 15.2. The summed E-state index contributed by atoms with van der Waals surface area (Å²) in [6, 6.07) is 9.29. The first-order valence-electron chi connectivity index (χ1n) is 6.57. The van der Waals surface area contributed by atoms with Crippen LogP contribution in [0.5, 0.6) is 0 Å². The number of hydrogen-bond donors (Lipinski definition) is 1. The van der Waals surface area contributed by atoms with Crippen LogP contribution < -0.4 is 5.32 Å². The summed E-state index contributed by atoms with van der Waals surface area (Å²) in [4.78, 5) is 23.6. The summed E-state index contributed by atoms with van der Waals surface area (Å²) >= 11 is 0. The van der Waals surface area contributed by atoms with Crippen LogP contribution in [0.25, 0.3) is 0 Å². The summed E-state index contributed by atoms with van der Waals surface area (Å²) in [5.41, 5.74) is 0.862. The van der Waals surface area contributed by atoms with Gasteiger partial charge in [0.25, 0.3) is 0 Å². The Hall–Kier alpha value is -2.18. The molecule has 1 heterocycles.